The first-order valence-electron chi connectivity index (χ1n) is 4.07. The normalized spacial score (nSPS) is 10.5. The SMILES string of the molecule is Cl.N=C(Cc1cccc(C(F)(F)F)c1)NO. The molecule has 0 aromatic heterocycles. The fourth-order valence-electron chi connectivity index (χ4n) is 1.10. The average molecular weight is 255 g/mol. The van der Waals surface area contributed by atoms with Gasteiger partial charge >= 0.3 is 6.18 Å². The zero-order valence-corrected chi connectivity index (χ0v) is 8.82. The monoisotopic (exact) mass is 254 g/mol. The van der Waals surface area contributed by atoms with Crippen molar-refractivity contribution in [1.82, 2.24) is 5.48 Å². The van der Waals surface area contributed by atoms with E-state index in [4.69, 9.17) is 10.6 Å². The van der Waals surface area contributed by atoms with Gasteiger partial charge in [0.15, 0.2) is 0 Å². The van der Waals surface area contributed by atoms with Crippen molar-refractivity contribution in [3.8, 4) is 0 Å². The van der Waals surface area contributed by atoms with Crippen molar-refractivity contribution < 1.29 is 18.4 Å². The molecule has 0 saturated heterocycles. The number of hydrogen-bond donors (Lipinski definition) is 3. The molecule has 0 spiro atoms. The maximum atomic E-state index is 12.3. The predicted octanol–water partition coefficient (Wildman–Crippen LogP) is 2.63. The molecule has 0 atom stereocenters. The Morgan fingerprint density at radius 1 is 1.38 bits per heavy atom. The number of amidine groups is 1. The van der Waals surface area contributed by atoms with Gasteiger partial charge in [-0.15, -0.1) is 12.4 Å². The van der Waals surface area contributed by atoms with Crippen molar-refractivity contribution in [3.05, 3.63) is 35.4 Å². The van der Waals surface area contributed by atoms with Crippen LogP contribution < -0.4 is 5.48 Å². The van der Waals surface area contributed by atoms with Gasteiger partial charge in [-0.25, -0.2) is 0 Å². The third kappa shape index (κ3) is 4.08. The highest BCUT2D eigenvalue weighted by molar-refractivity contribution is 5.85. The van der Waals surface area contributed by atoms with Crippen LogP contribution in [0.5, 0.6) is 0 Å². The van der Waals surface area contributed by atoms with Crippen molar-refractivity contribution in [1.29, 1.82) is 5.41 Å². The number of halogens is 4. The molecule has 16 heavy (non-hydrogen) atoms. The molecule has 7 heteroatoms. The van der Waals surface area contributed by atoms with Crippen molar-refractivity contribution in [2.24, 2.45) is 0 Å². The summed E-state index contributed by atoms with van der Waals surface area (Å²) in [6.45, 7) is 0. The van der Waals surface area contributed by atoms with Gasteiger partial charge in [-0.3, -0.25) is 16.1 Å². The van der Waals surface area contributed by atoms with Crippen LogP contribution in [0.1, 0.15) is 11.1 Å². The van der Waals surface area contributed by atoms with E-state index in [9.17, 15) is 13.2 Å². The molecule has 0 aliphatic rings. The van der Waals surface area contributed by atoms with Gasteiger partial charge in [-0.05, 0) is 11.6 Å². The molecule has 3 nitrogen and oxygen atoms in total. The summed E-state index contributed by atoms with van der Waals surface area (Å²) in [5, 5.41) is 15.4. The molecule has 3 N–H and O–H groups in total. The molecule has 0 unspecified atom stereocenters. The average Bonchev–Trinajstić information content (AvgIpc) is 2.17. The van der Waals surface area contributed by atoms with Crippen LogP contribution in [0.3, 0.4) is 0 Å². The van der Waals surface area contributed by atoms with E-state index in [1.165, 1.54) is 12.1 Å². The number of hydrogen-bond acceptors (Lipinski definition) is 2. The minimum Gasteiger partial charge on any atom is -0.290 e. The van der Waals surface area contributed by atoms with E-state index in [-0.39, 0.29) is 24.7 Å². The van der Waals surface area contributed by atoms with Gasteiger partial charge in [-0.2, -0.15) is 13.2 Å². The van der Waals surface area contributed by atoms with Gasteiger partial charge in [0.1, 0.15) is 5.84 Å². The lowest BCUT2D eigenvalue weighted by Gasteiger charge is -2.08. The predicted molar refractivity (Wildman–Crippen MR) is 55.0 cm³/mol. The Labute approximate surface area is 96.2 Å². The molecule has 0 fully saturated rings. The van der Waals surface area contributed by atoms with E-state index in [1.807, 2.05) is 0 Å². The minimum atomic E-state index is -4.38. The smallest absolute Gasteiger partial charge is 0.290 e. The van der Waals surface area contributed by atoms with Crippen LogP contribution in [0, 0.1) is 5.41 Å². The Morgan fingerprint density at radius 2 is 2.00 bits per heavy atom. The van der Waals surface area contributed by atoms with Crippen molar-refractivity contribution in [3.63, 3.8) is 0 Å². The van der Waals surface area contributed by atoms with Gasteiger partial charge in [-0.1, -0.05) is 18.2 Å². The highest BCUT2D eigenvalue weighted by Gasteiger charge is 2.30. The molecule has 0 bridgehead atoms. The van der Waals surface area contributed by atoms with Crippen LogP contribution in [0.2, 0.25) is 0 Å². The van der Waals surface area contributed by atoms with Gasteiger partial charge in [0.05, 0.1) is 5.56 Å². The standard InChI is InChI=1S/C9H9F3N2O.ClH/c10-9(11,12)7-3-1-2-6(4-7)5-8(13)14-15;/h1-4,15H,5H2,(H2,13,14);1H. The largest absolute Gasteiger partial charge is 0.416 e. The maximum absolute atomic E-state index is 12.3. The van der Waals surface area contributed by atoms with Gasteiger partial charge in [0, 0.05) is 6.42 Å². The summed E-state index contributed by atoms with van der Waals surface area (Å²) in [6.07, 6.45) is -4.45. The lowest BCUT2D eigenvalue weighted by molar-refractivity contribution is -0.137. The fraction of sp³-hybridized carbons (Fsp3) is 0.222. The molecule has 1 aromatic carbocycles. The topological polar surface area (TPSA) is 56.1 Å². The van der Waals surface area contributed by atoms with Crippen molar-refractivity contribution in [2.75, 3.05) is 0 Å². The number of benzene rings is 1. The second-order valence-electron chi connectivity index (χ2n) is 2.97. The quantitative estimate of drug-likeness (QED) is 0.432. The fourth-order valence-corrected chi connectivity index (χ4v) is 1.10. The summed E-state index contributed by atoms with van der Waals surface area (Å²) in [5.74, 6) is -0.255. The summed E-state index contributed by atoms with van der Waals surface area (Å²) in [5.41, 5.74) is 1.13. The van der Waals surface area contributed by atoms with Crippen LogP contribution in [-0.2, 0) is 12.6 Å². The molecule has 1 rings (SSSR count). The Balaban J connectivity index is 0.00000225. The molecular formula is C9H10ClF3N2O. The zero-order chi connectivity index (χ0) is 11.5. The Kier molecular flexibility index (Phi) is 5.26. The molecule has 0 aliphatic carbocycles. The Hall–Kier alpha value is -1.27. The van der Waals surface area contributed by atoms with Crippen LogP contribution in [0.4, 0.5) is 13.2 Å². The molecular weight excluding hydrogens is 245 g/mol. The molecule has 0 aliphatic heterocycles. The molecule has 90 valence electrons. The highest BCUT2D eigenvalue weighted by Crippen LogP contribution is 2.29. The lowest BCUT2D eigenvalue weighted by atomic mass is 10.1. The lowest BCUT2D eigenvalue weighted by Crippen LogP contribution is -2.20. The first-order valence-corrected chi connectivity index (χ1v) is 4.07. The summed E-state index contributed by atoms with van der Waals surface area (Å²) >= 11 is 0. The first kappa shape index (κ1) is 14.7. The molecule has 0 heterocycles. The van der Waals surface area contributed by atoms with E-state index < -0.39 is 11.7 Å². The Bertz CT molecular complexity index is 368. The third-order valence-corrected chi connectivity index (χ3v) is 1.77. The van der Waals surface area contributed by atoms with E-state index in [0.717, 1.165) is 12.1 Å². The minimum absolute atomic E-state index is 0. The van der Waals surface area contributed by atoms with Gasteiger partial charge in [0.25, 0.3) is 0 Å². The second-order valence-corrected chi connectivity index (χ2v) is 2.97. The van der Waals surface area contributed by atoms with E-state index in [2.05, 4.69) is 0 Å². The summed E-state index contributed by atoms with van der Waals surface area (Å²) in [7, 11) is 0. The van der Waals surface area contributed by atoms with Crippen LogP contribution >= 0.6 is 12.4 Å². The van der Waals surface area contributed by atoms with E-state index >= 15 is 0 Å². The molecule has 1 aromatic rings. The van der Waals surface area contributed by atoms with Gasteiger partial charge in [0.2, 0.25) is 0 Å². The second kappa shape index (κ2) is 5.72. The van der Waals surface area contributed by atoms with E-state index in [1.54, 1.807) is 5.48 Å². The van der Waals surface area contributed by atoms with Crippen LogP contribution in [-0.4, -0.2) is 11.0 Å². The van der Waals surface area contributed by atoms with Gasteiger partial charge < -0.3 is 0 Å². The highest BCUT2D eigenvalue weighted by atomic mass is 35.5. The molecule has 0 saturated carbocycles. The molecule has 0 radical (unpaired) electrons. The number of alkyl halides is 3. The van der Waals surface area contributed by atoms with Crippen molar-refractivity contribution >= 4 is 18.2 Å². The summed E-state index contributed by atoms with van der Waals surface area (Å²) in [4.78, 5) is 0. The Morgan fingerprint density at radius 3 is 2.50 bits per heavy atom. The van der Waals surface area contributed by atoms with Crippen LogP contribution in [0.25, 0.3) is 0 Å². The van der Waals surface area contributed by atoms with Crippen LogP contribution in [0.15, 0.2) is 24.3 Å². The first-order chi connectivity index (χ1) is 6.93. The number of hydroxylamine groups is 1. The zero-order valence-electron chi connectivity index (χ0n) is 8.01. The number of rotatable bonds is 2. The summed E-state index contributed by atoms with van der Waals surface area (Å²) in [6, 6.07) is 4.63. The molecule has 0 amide bonds. The number of nitrogens with one attached hydrogen (secondary N) is 2. The van der Waals surface area contributed by atoms with Crippen molar-refractivity contribution in [2.45, 2.75) is 12.6 Å². The van der Waals surface area contributed by atoms with E-state index in [0.29, 0.717) is 5.56 Å². The maximum Gasteiger partial charge on any atom is 0.416 e. The summed E-state index contributed by atoms with van der Waals surface area (Å²) < 4.78 is 36.8. The third-order valence-electron chi connectivity index (χ3n) is 1.77.